The van der Waals surface area contributed by atoms with Gasteiger partial charge >= 0.3 is 41.2 Å². The van der Waals surface area contributed by atoms with Crippen LogP contribution in [0.3, 0.4) is 0 Å². The number of hydrogen-bond donors (Lipinski definition) is 0. The van der Waals surface area contributed by atoms with Crippen molar-refractivity contribution in [3.8, 4) is 0 Å². The van der Waals surface area contributed by atoms with Crippen molar-refractivity contribution in [3.05, 3.63) is 0 Å². The summed E-state index contributed by atoms with van der Waals surface area (Å²) < 4.78 is 183. The minimum absolute atomic E-state index is 3.37. The lowest BCUT2D eigenvalue weighted by Crippen LogP contribution is -2.71. The van der Waals surface area contributed by atoms with Gasteiger partial charge < -0.3 is 0 Å². The van der Waals surface area contributed by atoms with Crippen LogP contribution in [-0.2, 0) is 0 Å². The first-order valence-corrected chi connectivity index (χ1v) is 4.90. The van der Waals surface area contributed by atoms with Crippen molar-refractivity contribution in [1.82, 2.24) is 0 Å². The Hall–Kier alpha value is -0.760. The predicted octanol–water partition coefficient (Wildman–Crippen LogP) is 5.56. The Bertz CT molecular complexity index is 400. The maximum atomic E-state index is 13.0. The summed E-state index contributed by atoms with van der Waals surface area (Å²) in [5, 5.41) is -7.46. The Balaban J connectivity index is 6.37. The van der Waals surface area contributed by atoms with Gasteiger partial charge in [-0.05, 0) is 0 Å². The van der Waals surface area contributed by atoms with Gasteiger partial charge in [0.05, 0.1) is 0 Å². The molecule has 0 aliphatic rings. The van der Waals surface area contributed by atoms with Crippen LogP contribution in [0.5, 0.6) is 0 Å². The number of alkyl halides is 16. The second kappa shape index (κ2) is 5.12. The third kappa shape index (κ3) is 2.77. The van der Waals surface area contributed by atoms with Gasteiger partial charge in [0.25, 0.3) is 0 Å². The van der Waals surface area contributed by atoms with Crippen LogP contribution < -0.4 is 0 Å². The van der Waals surface area contributed by atoms with E-state index in [0.717, 1.165) is 0 Å². The number of hydrogen-bond acceptors (Lipinski definition) is 0. The molecule has 0 unspecified atom stereocenters. The van der Waals surface area contributed by atoms with Crippen molar-refractivity contribution in [2.45, 2.75) is 41.2 Å². The van der Waals surface area contributed by atoms with Gasteiger partial charge in [0.2, 0.25) is 0 Å². The lowest BCUT2D eigenvalue weighted by Gasteiger charge is -2.41. The summed E-state index contributed by atoms with van der Waals surface area (Å²) in [5.41, 5.74) is 0. The van der Waals surface area contributed by atoms with Gasteiger partial charge in [-0.1, -0.05) is 11.6 Å². The molecule has 0 aromatic heterocycles. The molecule has 0 aromatic carbocycles. The predicted molar refractivity (Wildman–Crippen MR) is 41.6 cm³/mol. The number of halogens is 16. The summed E-state index contributed by atoms with van der Waals surface area (Å²) in [6, 6.07) is 0. The van der Waals surface area contributed by atoms with Crippen molar-refractivity contribution < 1.29 is 65.9 Å². The lowest BCUT2D eigenvalue weighted by atomic mass is 9.95. The summed E-state index contributed by atoms with van der Waals surface area (Å²) in [4.78, 5) is 0. The van der Waals surface area contributed by atoms with Gasteiger partial charge in [-0.15, -0.1) is 0 Å². The van der Waals surface area contributed by atoms with Crippen molar-refractivity contribution in [2.75, 3.05) is 0 Å². The van der Waals surface area contributed by atoms with E-state index in [0.29, 0.717) is 0 Å². The van der Waals surface area contributed by atoms with Crippen molar-refractivity contribution >= 4 is 11.6 Å². The molecule has 0 heterocycles. The van der Waals surface area contributed by atoms with Gasteiger partial charge in [-0.25, -0.2) is 4.39 Å². The Morgan fingerprint density at radius 2 is 0.522 bits per heavy atom. The average molecular weight is 404 g/mol. The fourth-order valence-corrected chi connectivity index (χ4v) is 1.18. The maximum absolute atomic E-state index is 13.0. The van der Waals surface area contributed by atoms with E-state index < -0.39 is 41.2 Å². The monoisotopic (exact) mass is 404 g/mol. The quantitative estimate of drug-likeness (QED) is 0.425. The molecule has 0 N–H and O–H groups in total. The highest BCUT2D eigenvalue weighted by atomic mass is 35.5. The zero-order valence-electron chi connectivity index (χ0n) is 9.55. The smallest absolute Gasteiger partial charge is 0.212 e. The maximum Gasteiger partial charge on any atom is 0.460 e. The lowest BCUT2D eigenvalue weighted by molar-refractivity contribution is -0.421. The average Bonchev–Trinajstić information content (AvgIpc) is 2.24. The fraction of sp³-hybridized carbons (Fsp3) is 1.00. The molecule has 140 valence electrons. The zero-order valence-corrected chi connectivity index (χ0v) is 10.3. The summed E-state index contributed by atoms with van der Waals surface area (Å²) >= 11 is 3.37. The third-order valence-electron chi connectivity index (χ3n) is 2.29. The molecular weight excluding hydrogens is 404 g/mol. The topological polar surface area (TPSA) is 0 Å². The third-order valence-corrected chi connectivity index (χ3v) is 2.76. The first-order valence-electron chi connectivity index (χ1n) is 4.52. The largest absolute Gasteiger partial charge is 0.460 e. The van der Waals surface area contributed by atoms with Crippen LogP contribution in [0.25, 0.3) is 0 Å². The Kier molecular flexibility index (Phi) is 4.95. The first kappa shape index (κ1) is 22.2. The molecular formula is C7ClF15. The van der Waals surface area contributed by atoms with Gasteiger partial charge in [0, 0.05) is 0 Å². The minimum atomic E-state index is -7.90. The number of rotatable bonds is 4. The van der Waals surface area contributed by atoms with Gasteiger partial charge in [0.15, 0.2) is 0 Å². The SMILES string of the molecule is FC(F)(F)C(F)(F)C(F)(F)C(F)(Cl)C(F)(F)C(F)(F)C(F)(F)F. The molecule has 0 aromatic rings. The highest BCUT2D eigenvalue weighted by Crippen LogP contribution is 2.63. The van der Waals surface area contributed by atoms with Crippen LogP contribution in [0.1, 0.15) is 0 Å². The zero-order chi connectivity index (χ0) is 19.5. The summed E-state index contributed by atoms with van der Waals surface area (Å²) in [6.07, 6.45) is -15.0. The molecule has 0 bridgehead atoms. The van der Waals surface area contributed by atoms with Gasteiger partial charge in [-0.3, -0.25) is 0 Å². The second-order valence-electron chi connectivity index (χ2n) is 3.87. The Morgan fingerprint density at radius 3 is 0.652 bits per heavy atom. The van der Waals surface area contributed by atoms with Crippen molar-refractivity contribution in [3.63, 3.8) is 0 Å². The molecule has 0 radical (unpaired) electrons. The molecule has 23 heavy (non-hydrogen) atoms. The first-order chi connectivity index (χ1) is 9.50. The van der Waals surface area contributed by atoms with Gasteiger partial charge in [0.1, 0.15) is 0 Å². The van der Waals surface area contributed by atoms with Crippen molar-refractivity contribution in [1.29, 1.82) is 0 Å². The van der Waals surface area contributed by atoms with Crippen molar-refractivity contribution in [2.24, 2.45) is 0 Å². The Labute approximate surface area is 120 Å². The highest BCUT2D eigenvalue weighted by Gasteiger charge is 2.92. The van der Waals surface area contributed by atoms with Gasteiger partial charge in [-0.2, -0.15) is 61.5 Å². The molecule has 0 saturated heterocycles. The molecule has 0 aliphatic heterocycles. The van der Waals surface area contributed by atoms with E-state index in [1.165, 1.54) is 0 Å². The van der Waals surface area contributed by atoms with Crippen LogP contribution in [0.15, 0.2) is 0 Å². The normalized spacial score (nSPS) is 16.7. The van der Waals surface area contributed by atoms with Crippen LogP contribution in [0.2, 0.25) is 0 Å². The minimum Gasteiger partial charge on any atom is -0.212 e. The van der Waals surface area contributed by atoms with E-state index in [1.54, 1.807) is 0 Å². The summed E-state index contributed by atoms with van der Waals surface area (Å²) in [6.45, 7) is 0. The standard InChI is InChI=1S/C7ClF15/c8-1(9,2(10,11)4(14,15)6(18,19)20)3(12,13)5(16,17)7(21,22)23. The van der Waals surface area contributed by atoms with E-state index in [2.05, 4.69) is 11.6 Å². The van der Waals surface area contributed by atoms with E-state index in [1.807, 2.05) is 0 Å². The van der Waals surface area contributed by atoms with E-state index in [9.17, 15) is 65.9 Å². The highest BCUT2D eigenvalue weighted by molar-refractivity contribution is 6.24. The molecule has 16 heteroatoms. The van der Waals surface area contributed by atoms with E-state index in [-0.39, 0.29) is 0 Å². The molecule has 0 saturated carbocycles. The van der Waals surface area contributed by atoms with E-state index in [4.69, 9.17) is 0 Å². The Morgan fingerprint density at radius 1 is 0.348 bits per heavy atom. The molecule has 0 amide bonds. The molecule has 0 rings (SSSR count). The molecule has 0 spiro atoms. The van der Waals surface area contributed by atoms with Crippen LogP contribution in [0.4, 0.5) is 65.9 Å². The summed E-state index contributed by atoms with van der Waals surface area (Å²) in [7, 11) is 0. The fourth-order valence-electron chi connectivity index (χ4n) is 0.948. The van der Waals surface area contributed by atoms with Crippen LogP contribution >= 0.6 is 11.6 Å². The van der Waals surface area contributed by atoms with Crippen LogP contribution in [-0.4, -0.2) is 41.2 Å². The molecule has 0 aliphatic carbocycles. The molecule has 0 fully saturated rings. The summed E-state index contributed by atoms with van der Waals surface area (Å²) in [5.74, 6) is -31.4. The second-order valence-corrected chi connectivity index (χ2v) is 4.39. The van der Waals surface area contributed by atoms with E-state index >= 15 is 0 Å². The molecule has 0 atom stereocenters. The molecule has 0 nitrogen and oxygen atoms in total. The van der Waals surface area contributed by atoms with Crippen LogP contribution in [0, 0.1) is 0 Å².